The van der Waals surface area contributed by atoms with Crippen LogP contribution in [0.4, 0.5) is 0 Å². The first-order valence-corrected chi connectivity index (χ1v) is 7.43. The minimum Gasteiger partial charge on any atom is -0.0922 e. The fourth-order valence-corrected chi connectivity index (χ4v) is 3.23. The second-order valence-electron chi connectivity index (χ2n) is 4.97. The fraction of sp³-hybridized carbons (Fsp3) is 0.538. The molecule has 0 aliphatic heterocycles. The van der Waals surface area contributed by atoms with Crippen LogP contribution in [0, 0.1) is 11.3 Å². The van der Waals surface area contributed by atoms with Gasteiger partial charge in [-0.15, -0.1) is 0 Å². The standard InChI is InChI=1S/C13H15BrCl2/c1-13(8-14,10-2-3-10)7-9-6-11(15)4-5-12(9)16/h4-6,10H,2-3,7-8H2,1H3. The SMILES string of the molecule is CC(CBr)(Cc1cc(Cl)ccc1Cl)C1CC1. The topological polar surface area (TPSA) is 0 Å². The zero-order valence-electron chi connectivity index (χ0n) is 9.27. The van der Waals surface area contributed by atoms with Crippen molar-refractivity contribution in [3.05, 3.63) is 33.8 Å². The van der Waals surface area contributed by atoms with Gasteiger partial charge in [0.05, 0.1) is 0 Å². The van der Waals surface area contributed by atoms with Gasteiger partial charge in [0.15, 0.2) is 0 Å². The van der Waals surface area contributed by atoms with Crippen LogP contribution < -0.4 is 0 Å². The van der Waals surface area contributed by atoms with Crippen molar-refractivity contribution in [2.75, 3.05) is 5.33 Å². The van der Waals surface area contributed by atoms with Crippen LogP contribution in [0.25, 0.3) is 0 Å². The Bertz CT molecular complexity index is 388. The van der Waals surface area contributed by atoms with E-state index in [4.69, 9.17) is 23.2 Å². The summed E-state index contributed by atoms with van der Waals surface area (Å²) in [4.78, 5) is 0. The maximum atomic E-state index is 6.21. The average molecular weight is 322 g/mol. The zero-order chi connectivity index (χ0) is 11.8. The second-order valence-corrected chi connectivity index (χ2v) is 6.38. The molecule has 0 N–H and O–H groups in total. The first-order chi connectivity index (χ1) is 7.55. The van der Waals surface area contributed by atoms with Gasteiger partial charge in [-0.3, -0.25) is 0 Å². The van der Waals surface area contributed by atoms with Crippen molar-refractivity contribution in [3.63, 3.8) is 0 Å². The van der Waals surface area contributed by atoms with Gasteiger partial charge in [-0.2, -0.15) is 0 Å². The smallest absolute Gasteiger partial charge is 0.0439 e. The molecule has 16 heavy (non-hydrogen) atoms. The molecule has 0 spiro atoms. The molecule has 0 aromatic heterocycles. The number of hydrogen-bond donors (Lipinski definition) is 0. The zero-order valence-corrected chi connectivity index (χ0v) is 12.4. The third-order valence-electron chi connectivity index (χ3n) is 3.47. The van der Waals surface area contributed by atoms with Crippen molar-refractivity contribution in [3.8, 4) is 0 Å². The predicted molar refractivity (Wildman–Crippen MR) is 74.8 cm³/mol. The largest absolute Gasteiger partial charge is 0.0922 e. The van der Waals surface area contributed by atoms with Crippen molar-refractivity contribution in [1.82, 2.24) is 0 Å². The van der Waals surface area contributed by atoms with Crippen LogP contribution in [0.15, 0.2) is 18.2 Å². The predicted octanol–water partition coefficient (Wildman–Crippen LogP) is 5.35. The highest BCUT2D eigenvalue weighted by Gasteiger charge is 2.40. The molecule has 0 heterocycles. The summed E-state index contributed by atoms with van der Waals surface area (Å²) in [5.41, 5.74) is 1.48. The van der Waals surface area contributed by atoms with Gasteiger partial charge < -0.3 is 0 Å². The van der Waals surface area contributed by atoms with E-state index >= 15 is 0 Å². The Labute approximate surface area is 115 Å². The Kier molecular flexibility index (Phi) is 3.88. The molecule has 1 saturated carbocycles. The average Bonchev–Trinajstić information content (AvgIpc) is 3.07. The molecule has 1 aromatic carbocycles. The summed E-state index contributed by atoms with van der Waals surface area (Å²) in [6, 6.07) is 5.73. The first-order valence-electron chi connectivity index (χ1n) is 5.55. The monoisotopic (exact) mass is 320 g/mol. The molecule has 3 heteroatoms. The molecule has 1 aliphatic rings. The van der Waals surface area contributed by atoms with Gasteiger partial charge in [-0.1, -0.05) is 46.1 Å². The Morgan fingerprint density at radius 1 is 1.38 bits per heavy atom. The summed E-state index contributed by atoms with van der Waals surface area (Å²) >= 11 is 15.9. The van der Waals surface area contributed by atoms with E-state index in [9.17, 15) is 0 Å². The molecule has 1 atom stereocenters. The lowest BCUT2D eigenvalue weighted by atomic mass is 9.81. The Morgan fingerprint density at radius 2 is 2.06 bits per heavy atom. The molecular weight excluding hydrogens is 307 g/mol. The first kappa shape index (κ1) is 12.7. The molecule has 1 aromatic rings. The van der Waals surface area contributed by atoms with Gasteiger partial charge in [0.2, 0.25) is 0 Å². The van der Waals surface area contributed by atoms with E-state index in [1.165, 1.54) is 18.4 Å². The third-order valence-corrected chi connectivity index (χ3v) is 5.36. The van der Waals surface area contributed by atoms with Gasteiger partial charge in [0.25, 0.3) is 0 Å². The van der Waals surface area contributed by atoms with E-state index in [0.29, 0.717) is 5.41 Å². The van der Waals surface area contributed by atoms with E-state index in [-0.39, 0.29) is 0 Å². The van der Waals surface area contributed by atoms with Crippen molar-refractivity contribution < 1.29 is 0 Å². The van der Waals surface area contributed by atoms with Crippen LogP contribution >= 0.6 is 39.1 Å². The van der Waals surface area contributed by atoms with E-state index in [1.54, 1.807) is 0 Å². The van der Waals surface area contributed by atoms with Crippen LogP contribution in [-0.2, 0) is 6.42 Å². The fourth-order valence-electron chi connectivity index (χ4n) is 2.19. The maximum Gasteiger partial charge on any atom is 0.0439 e. The summed E-state index contributed by atoms with van der Waals surface area (Å²) < 4.78 is 0. The third kappa shape index (κ3) is 2.75. The quantitative estimate of drug-likeness (QED) is 0.656. The lowest BCUT2D eigenvalue weighted by Gasteiger charge is -2.28. The van der Waals surface area contributed by atoms with Crippen molar-refractivity contribution in [2.45, 2.75) is 26.2 Å². The maximum absolute atomic E-state index is 6.21. The number of alkyl halides is 1. The van der Waals surface area contributed by atoms with Crippen LogP contribution in [0.2, 0.25) is 10.0 Å². The molecule has 88 valence electrons. The molecular formula is C13H15BrCl2. The van der Waals surface area contributed by atoms with Crippen LogP contribution in [0.5, 0.6) is 0 Å². The van der Waals surface area contributed by atoms with Crippen LogP contribution in [-0.4, -0.2) is 5.33 Å². The molecule has 1 unspecified atom stereocenters. The molecule has 0 amide bonds. The number of hydrogen-bond acceptors (Lipinski definition) is 0. The minimum atomic E-state index is 0.314. The molecule has 2 rings (SSSR count). The van der Waals surface area contributed by atoms with Gasteiger partial charge >= 0.3 is 0 Å². The molecule has 0 bridgehead atoms. The molecule has 0 radical (unpaired) electrons. The van der Waals surface area contributed by atoms with Gasteiger partial charge in [0.1, 0.15) is 0 Å². The molecule has 1 aliphatic carbocycles. The summed E-state index contributed by atoms with van der Waals surface area (Å²) in [5, 5.41) is 2.62. The van der Waals surface area contributed by atoms with E-state index in [0.717, 1.165) is 27.7 Å². The summed E-state index contributed by atoms with van der Waals surface area (Å²) in [6.07, 6.45) is 3.70. The normalized spacial score (nSPS) is 19.5. The Hall–Kier alpha value is 0.280. The van der Waals surface area contributed by atoms with Crippen molar-refractivity contribution >= 4 is 39.1 Å². The highest BCUT2D eigenvalue weighted by molar-refractivity contribution is 9.09. The van der Waals surface area contributed by atoms with Gasteiger partial charge in [-0.05, 0) is 54.4 Å². The lowest BCUT2D eigenvalue weighted by molar-refractivity contribution is 0.319. The summed E-state index contributed by atoms with van der Waals surface area (Å²) in [6.45, 7) is 2.33. The highest BCUT2D eigenvalue weighted by atomic mass is 79.9. The summed E-state index contributed by atoms with van der Waals surface area (Å²) in [5.74, 6) is 0.835. The van der Waals surface area contributed by atoms with Crippen molar-refractivity contribution in [2.24, 2.45) is 11.3 Å². The number of rotatable bonds is 4. The van der Waals surface area contributed by atoms with E-state index in [1.807, 2.05) is 18.2 Å². The Morgan fingerprint density at radius 3 is 2.62 bits per heavy atom. The van der Waals surface area contributed by atoms with E-state index in [2.05, 4.69) is 22.9 Å². The van der Waals surface area contributed by atoms with Crippen molar-refractivity contribution in [1.29, 1.82) is 0 Å². The molecule has 1 fully saturated rings. The van der Waals surface area contributed by atoms with Gasteiger partial charge in [-0.25, -0.2) is 0 Å². The number of benzene rings is 1. The molecule has 0 saturated heterocycles. The molecule has 0 nitrogen and oxygen atoms in total. The van der Waals surface area contributed by atoms with Gasteiger partial charge in [0, 0.05) is 15.4 Å². The van der Waals surface area contributed by atoms with E-state index < -0.39 is 0 Å². The van der Waals surface area contributed by atoms with Crippen LogP contribution in [0.3, 0.4) is 0 Å². The Balaban J connectivity index is 2.21. The highest BCUT2D eigenvalue weighted by Crippen LogP contribution is 2.49. The number of halogens is 3. The lowest BCUT2D eigenvalue weighted by Crippen LogP contribution is -2.24. The van der Waals surface area contributed by atoms with Crippen LogP contribution in [0.1, 0.15) is 25.3 Å². The summed E-state index contributed by atoms with van der Waals surface area (Å²) in [7, 11) is 0. The second kappa shape index (κ2) is 4.88. The minimum absolute atomic E-state index is 0.314.